The Morgan fingerprint density at radius 1 is 1.16 bits per heavy atom. The molecule has 7 heteroatoms. The van der Waals surface area contributed by atoms with E-state index in [4.69, 9.17) is 4.74 Å². The van der Waals surface area contributed by atoms with Gasteiger partial charge in [0, 0.05) is 19.5 Å². The zero-order valence-corrected chi connectivity index (χ0v) is 17.6. The second-order valence-electron chi connectivity index (χ2n) is 7.92. The normalized spacial score (nSPS) is 14.6. The van der Waals surface area contributed by atoms with Gasteiger partial charge in [0.05, 0.1) is 16.5 Å². The zero-order valence-electron chi connectivity index (χ0n) is 17.6. The molecule has 1 aromatic heterocycles. The first kappa shape index (κ1) is 20.8. The van der Waals surface area contributed by atoms with E-state index in [1.165, 1.54) is 6.07 Å². The molecule has 0 saturated carbocycles. The van der Waals surface area contributed by atoms with Gasteiger partial charge in [-0.15, -0.1) is 0 Å². The number of rotatable bonds is 6. The van der Waals surface area contributed by atoms with Crippen molar-refractivity contribution in [3.05, 3.63) is 75.8 Å². The van der Waals surface area contributed by atoms with Gasteiger partial charge >= 0.3 is 5.97 Å². The lowest BCUT2D eigenvalue weighted by Gasteiger charge is -2.17. The lowest BCUT2D eigenvalue weighted by molar-refractivity contribution is -0.129. The predicted molar refractivity (Wildman–Crippen MR) is 117 cm³/mol. The number of nitrogens with one attached hydrogen (secondary N) is 1. The molecule has 2 aromatic carbocycles. The first-order valence-electron chi connectivity index (χ1n) is 10.5. The van der Waals surface area contributed by atoms with Crippen molar-refractivity contribution in [1.82, 2.24) is 14.9 Å². The minimum absolute atomic E-state index is 0.0855. The highest BCUT2D eigenvalue weighted by atomic mass is 16.5. The SMILES string of the molecule is C[C@H](CNC(=O)[C@@H](C)OC(=O)c1ccc2c(=O)n3c(nc2c1)CCC3)c1ccccc1. The number of esters is 1. The number of nitrogens with zero attached hydrogens (tertiary/aromatic N) is 2. The summed E-state index contributed by atoms with van der Waals surface area (Å²) in [5.41, 5.74) is 1.78. The van der Waals surface area contributed by atoms with Gasteiger partial charge in [-0.25, -0.2) is 9.78 Å². The summed E-state index contributed by atoms with van der Waals surface area (Å²) in [7, 11) is 0. The van der Waals surface area contributed by atoms with Crippen molar-refractivity contribution < 1.29 is 14.3 Å². The highest BCUT2D eigenvalue weighted by Crippen LogP contribution is 2.17. The maximum atomic E-state index is 12.6. The molecule has 4 rings (SSSR count). The Balaban J connectivity index is 1.40. The summed E-state index contributed by atoms with van der Waals surface area (Å²) in [5, 5.41) is 3.31. The molecule has 2 atom stereocenters. The van der Waals surface area contributed by atoms with E-state index in [9.17, 15) is 14.4 Å². The first-order valence-corrected chi connectivity index (χ1v) is 10.5. The molecular weight excluding hydrogens is 394 g/mol. The van der Waals surface area contributed by atoms with Gasteiger partial charge in [0.1, 0.15) is 5.82 Å². The summed E-state index contributed by atoms with van der Waals surface area (Å²) in [4.78, 5) is 42.0. The molecule has 1 amide bonds. The molecule has 2 heterocycles. The minimum Gasteiger partial charge on any atom is -0.449 e. The van der Waals surface area contributed by atoms with Crippen LogP contribution in [0.3, 0.4) is 0 Å². The van der Waals surface area contributed by atoms with Crippen LogP contribution in [0.4, 0.5) is 0 Å². The average molecular weight is 419 g/mol. The van der Waals surface area contributed by atoms with Crippen LogP contribution in [-0.4, -0.2) is 34.1 Å². The van der Waals surface area contributed by atoms with Crippen LogP contribution < -0.4 is 10.9 Å². The number of amides is 1. The van der Waals surface area contributed by atoms with Gasteiger partial charge in [-0.1, -0.05) is 37.3 Å². The largest absolute Gasteiger partial charge is 0.449 e. The van der Waals surface area contributed by atoms with Gasteiger partial charge in [0.25, 0.3) is 11.5 Å². The van der Waals surface area contributed by atoms with Crippen LogP contribution in [-0.2, 0) is 22.5 Å². The molecule has 0 saturated heterocycles. The predicted octanol–water partition coefficient (Wildman–Crippen LogP) is 2.81. The Hall–Kier alpha value is -3.48. The molecule has 0 aliphatic carbocycles. The van der Waals surface area contributed by atoms with Gasteiger partial charge in [-0.2, -0.15) is 0 Å². The van der Waals surface area contributed by atoms with E-state index in [-0.39, 0.29) is 22.9 Å². The Labute approximate surface area is 180 Å². The third-order valence-electron chi connectivity index (χ3n) is 5.66. The summed E-state index contributed by atoms with van der Waals surface area (Å²) in [6, 6.07) is 14.6. The standard InChI is InChI=1S/C24H25N3O4/c1-15(17-7-4-3-5-8-17)14-25-22(28)16(2)31-24(30)18-10-11-19-20(13-18)26-21-9-6-12-27(21)23(19)29/h3-5,7-8,10-11,13,15-16H,6,9,12,14H2,1-2H3,(H,25,28)/t15-,16-/m1/s1. The molecule has 0 fully saturated rings. The van der Waals surface area contributed by atoms with Crippen LogP contribution in [0.2, 0.25) is 0 Å². The van der Waals surface area contributed by atoms with Gasteiger partial charge in [-0.05, 0) is 43.0 Å². The fourth-order valence-electron chi connectivity index (χ4n) is 3.79. The van der Waals surface area contributed by atoms with Gasteiger partial charge in [-0.3, -0.25) is 14.2 Å². The molecule has 7 nitrogen and oxygen atoms in total. The summed E-state index contributed by atoms with van der Waals surface area (Å²) >= 11 is 0. The number of ether oxygens (including phenoxy) is 1. The molecule has 1 aliphatic rings. The molecule has 31 heavy (non-hydrogen) atoms. The number of aromatic nitrogens is 2. The van der Waals surface area contributed by atoms with Crippen molar-refractivity contribution in [3.8, 4) is 0 Å². The van der Waals surface area contributed by atoms with E-state index in [0.29, 0.717) is 24.0 Å². The van der Waals surface area contributed by atoms with Crippen LogP contribution >= 0.6 is 0 Å². The topological polar surface area (TPSA) is 90.3 Å². The van der Waals surface area contributed by atoms with Gasteiger partial charge in [0.15, 0.2) is 6.10 Å². The highest BCUT2D eigenvalue weighted by molar-refractivity contribution is 5.95. The van der Waals surface area contributed by atoms with E-state index < -0.39 is 12.1 Å². The van der Waals surface area contributed by atoms with Crippen LogP contribution in [0.15, 0.2) is 53.3 Å². The number of benzene rings is 2. The minimum atomic E-state index is -0.940. The maximum absolute atomic E-state index is 12.6. The van der Waals surface area contributed by atoms with Crippen molar-refractivity contribution in [2.45, 2.75) is 45.3 Å². The number of carbonyl (C=O) groups excluding carboxylic acids is 2. The zero-order chi connectivity index (χ0) is 22.0. The summed E-state index contributed by atoms with van der Waals surface area (Å²) < 4.78 is 7.03. The molecule has 160 valence electrons. The third-order valence-corrected chi connectivity index (χ3v) is 5.66. The fourth-order valence-corrected chi connectivity index (χ4v) is 3.79. The number of carbonyl (C=O) groups is 2. The molecule has 1 N–H and O–H groups in total. The number of fused-ring (bicyclic) bond motifs is 2. The second kappa shape index (κ2) is 8.71. The lowest BCUT2D eigenvalue weighted by Crippen LogP contribution is -2.37. The Kier molecular flexibility index (Phi) is 5.84. The maximum Gasteiger partial charge on any atom is 0.338 e. The number of hydrogen-bond donors (Lipinski definition) is 1. The molecule has 0 unspecified atom stereocenters. The fraction of sp³-hybridized carbons (Fsp3) is 0.333. The molecule has 3 aromatic rings. The van der Waals surface area contributed by atoms with E-state index in [2.05, 4.69) is 10.3 Å². The molecule has 1 aliphatic heterocycles. The second-order valence-corrected chi connectivity index (χ2v) is 7.92. The van der Waals surface area contributed by atoms with E-state index >= 15 is 0 Å². The van der Waals surface area contributed by atoms with Crippen molar-refractivity contribution >= 4 is 22.8 Å². The third kappa shape index (κ3) is 4.35. The molecular formula is C24H25N3O4. The quantitative estimate of drug-likeness (QED) is 0.621. The summed E-state index contributed by atoms with van der Waals surface area (Å²) in [6.07, 6.45) is 0.700. The smallest absolute Gasteiger partial charge is 0.338 e. The molecule has 0 radical (unpaired) electrons. The molecule has 0 bridgehead atoms. The van der Waals surface area contributed by atoms with Crippen molar-refractivity contribution in [1.29, 1.82) is 0 Å². The van der Waals surface area contributed by atoms with E-state index in [1.54, 1.807) is 23.6 Å². The lowest BCUT2D eigenvalue weighted by atomic mass is 10.0. The van der Waals surface area contributed by atoms with Crippen molar-refractivity contribution in [3.63, 3.8) is 0 Å². The Morgan fingerprint density at radius 3 is 2.71 bits per heavy atom. The van der Waals surface area contributed by atoms with Crippen LogP contribution in [0.1, 0.15) is 47.9 Å². The van der Waals surface area contributed by atoms with E-state index in [0.717, 1.165) is 24.2 Å². The molecule has 0 spiro atoms. The van der Waals surface area contributed by atoms with Crippen LogP contribution in [0, 0.1) is 0 Å². The summed E-state index contributed by atoms with van der Waals surface area (Å²) in [6.45, 7) is 4.68. The van der Waals surface area contributed by atoms with Crippen molar-refractivity contribution in [2.24, 2.45) is 0 Å². The number of hydrogen-bond acceptors (Lipinski definition) is 5. The summed E-state index contributed by atoms with van der Waals surface area (Å²) in [5.74, 6) is -0.0991. The highest BCUT2D eigenvalue weighted by Gasteiger charge is 2.21. The average Bonchev–Trinajstić information content (AvgIpc) is 3.26. The van der Waals surface area contributed by atoms with Gasteiger partial charge in [0.2, 0.25) is 0 Å². The monoisotopic (exact) mass is 419 g/mol. The van der Waals surface area contributed by atoms with Crippen LogP contribution in [0.5, 0.6) is 0 Å². The first-order chi connectivity index (χ1) is 14.9. The van der Waals surface area contributed by atoms with Crippen molar-refractivity contribution in [2.75, 3.05) is 6.54 Å². The van der Waals surface area contributed by atoms with Gasteiger partial charge < -0.3 is 10.1 Å². The van der Waals surface area contributed by atoms with E-state index in [1.807, 2.05) is 37.3 Å². The number of aryl methyl sites for hydroxylation is 1. The Bertz CT molecular complexity index is 1190. The van der Waals surface area contributed by atoms with Crippen LogP contribution in [0.25, 0.3) is 10.9 Å². The Morgan fingerprint density at radius 2 is 1.94 bits per heavy atom.